The van der Waals surface area contributed by atoms with E-state index < -0.39 is 0 Å². The second-order valence-electron chi connectivity index (χ2n) is 4.97. The maximum atomic E-state index is 6.40. The molecule has 0 bridgehead atoms. The predicted molar refractivity (Wildman–Crippen MR) is 90.0 cm³/mol. The maximum absolute atomic E-state index is 6.40. The summed E-state index contributed by atoms with van der Waals surface area (Å²) in [5.74, 6) is 0.850. The number of nitrogens with one attached hydrogen (secondary N) is 1. The predicted octanol–water partition coefficient (Wildman–Crippen LogP) is 4.40. The Morgan fingerprint density at radius 2 is 1.71 bits per heavy atom. The lowest BCUT2D eigenvalue weighted by molar-refractivity contribution is 0.415. The minimum atomic E-state index is 0.234. The molecule has 1 unspecified atom stereocenters. The Morgan fingerprint density at radius 1 is 1.10 bits per heavy atom. The SMILES string of the molecule is CNC(C)c1ccc(N(C)c2ccc(OC)cc2)cc1Cl. The van der Waals surface area contributed by atoms with Gasteiger partial charge in [0.2, 0.25) is 0 Å². The number of halogens is 1. The lowest BCUT2D eigenvalue weighted by atomic mass is 10.1. The molecule has 21 heavy (non-hydrogen) atoms. The zero-order chi connectivity index (χ0) is 15.4. The smallest absolute Gasteiger partial charge is 0.119 e. The molecule has 0 amide bonds. The third-order valence-corrected chi connectivity index (χ3v) is 4.06. The van der Waals surface area contributed by atoms with Crippen LogP contribution in [0.3, 0.4) is 0 Å². The van der Waals surface area contributed by atoms with Gasteiger partial charge in [-0.05, 0) is 55.9 Å². The van der Waals surface area contributed by atoms with Crippen molar-refractivity contribution in [2.24, 2.45) is 0 Å². The number of ether oxygens (including phenoxy) is 1. The molecule has 0 spiro atoms. The molecule has 0 aliphatic rings. The van der Waals surface area contributed by atoms with E-state index in [1.54, 1.807) is 7.11 Å². The molecule has 1 N–H and O–H groups in total. The molecule has 2 aromatic rings. The fourth-order valence-corrected chi connectivity index (χ4v) is 2.52. The lowest BCUT2D eigenvalue weighted by Gasteiger charge is -2.21. The first-order valence-electron chi connectivity index (χ1n) is 6.91. The van der Waals surface area contributed by atoms with E-state index in [1.165, 1.54) is 0 Å². The molecular weight excluding hydrogens is 284 g/mol. The maximum Gasteiger partial charge on any atom is 0.119 e. The van der Waals surface area contributed by atoms with E-state index in [0.717, 1.165) is 27.7 Å². The van der Waals surface area contributed by atoms with E-state index in [1.807, 2.05) is 44.4 Å². The minimum Gasteiger partial charge on any atom is -0.497 e. The van der Waals surface area contributed by atoms with Crippen molar-refractivity contribution >= 4 is 23.0 Å². The van der Waals surface area contributed by atoms with Crippen LogP contribution in [0.15, 0.2) is 42.5 Å². The van der Waals surface area contributed by atoms with Gasteiger partial charge < -0.3 is 15.0 Å². The fourth-order valence-electron chi connectivity index (χ4n) is 2.19. The average Bonchev–Trinajstić information content (AvgIpc) is 2.53. The van der Waals surface area contributed by atoms with E-state index in [2.05, 4.69) is 29.3 Å². The molecule has 0 radical (unpaired) electrons. The molecule has 2 aromatic carbocycles. The molecule has 0 saturated carbocycles. The van der Waals surface area contributed by atoms with Gasteiger partial charge in [0.15, 0.2) is 0 Å². The molecule has 2 rings (SSSR count). The van der Waals surface area contributed by atoms with Crippen LogP contribution in [0.5, 0.6) is 5.75 Å². The molecule has 0 fully saturated rings. The largest absolute Gasteiger partial charge is 0.497 e. The van der Waals surface area contributed by atoms with Gasteiger partial charge in [0.1, 0.15) is 5.75 Å². The van der Waals surface area contributed by atoms with Crippen LogP contribution in [0, 0.1) is 0 Å². The number of anilines is 2. The number of benzene rings is 2. The highest BCUT2D eigenvalue weighted by molar-refractivity contribution is 6.31. The van der Waals surface area contributed by atoms with Crippen LogP contribution in [0.2, 0.25) is 5.02 Å². The van der Waals surface area contributed by atoms with Gasteiger partial charge in [-0.3, -0.25) is 0 Å². The normalized spacial score (nSPS) is 12.0. The number of methoxy groups -OCH3 is 1. The molecule has 1 atom stereocenters. The van der Waals surface area contributed by atoms with Crippen molar-refractivity contribution in [3.05, 3.63) is 53.1 Å². The summed E-state index contributed by atoms with van der Waals surface area (Å²) in [6, 6.07) is 14.3. The highest BCUT2D eigenvalue weighted by Gasteiger charge is 2.11. The molecular formula is C17H21ClN2O. The van der Waals surface area contributed by atoms with Crippen LogP contribution in [0.1, 0.15) is 18.5 Å². The summed E-state index contributed by atoms with van der Waals surface area (Å²) in [5, 5.41) is 3.98. The van der Waals surface area contributed by atoms with Gasteiger partial charge in [-0.15, -0.1) is 0 Å². The number of nitrogens with zero attached hydrogens (tertiary/aromatic N) is 1. The van der Waals surface area contributed by atoms with Crippen LogP contribution >= 0.6 is 11.6 Å². The lowest BCUT2D eigenvalue weighted by Crippen LogP contribution is -2.14. The van der Waals surface area contributed by atoms with E-state index in [-0.39, 0.29) is 6.04 Å². The Kier molecular flexibility index (Phi) is 5.10. The average molecular weight is 305 g/mol. The molecule has 0 aromatic heterocycles. The van der Waals surface area contributed by atoms with Gasteiger partial charge in [-0.25, -0.2) is 0 Å². The summed E-state index contributed by atoms with van der Waals surface area (Å²) in [6.07, 6.45) is 0. The van der Waals surface area contributed by atoms with Gasteiger partial charge >= 0.3 is 0 Å². The Bertz CT molecular complexity index is 598. The van der Waals surface area contributed by atoms with Crippen LogP contribution in [-0.2, 0) is 0 Å². The second-order valence-corrected chi connectivity index (χ2v) is 5.38. The molecule has 112 valence electrons. The molecule has 3 nitrogen and oxygen atoms in total. The van der Waals surface area contributed by atoms with E-state index in [4.69, 9.17) is 16.3 Å². The van der Waals surface area contributed by atoms with Crippen LogP contribution in [-0.4, -0.2) is 21.2 Å². The van der Waals surface area contributed by atoms with Crippen molar-refractivity contribution in [2.75, 3.05) is 26.1 Å². The fraction of sp³-hybridized carbons (Fsp3) is 0.294. The first-order chi connectivity index (χ1) is 10.1. The number of hydrogen-bond donors (Lipinski definition) is 1. The number of hydrogen-bond acceptors (Lipinski definition) is 3. The molecule has 4 heteroatoms. The number of rotatable bonds is 5. The van der Waals surface area contributed by atoms with Gasteiger partial charge in [0, 0.05) is 29.5 Å². The minimum absolute atomic E-state index is 0.234. The first-order valence-corrected chi connectivity index (χ1v) is 7.29. The van der Waals surface area contributed by atoms with E-state index in [0.29, 0.717) is 0 Å². The van der Waals surface area contributed by atoms with Gasteiger partial charge in [0.05, 0.1) is 7.11 Å². The van der Waals surface area contributed by atoms with E-state index >= 15 is 0 Å². The standard InChI is InChI=1S/C17H21ClN2O/c1-12(19-2)16-10-7-14(11-17(16)18)20(3)13-5-8-15(21-4)9-6-13/h5-12,19H,1-4H3. The first kappa shape index (κ1) is 15.7. The summed E-state index contributed by atoms with van der Waals surface area (Å²) in [4.78, 5) is 2.10. The van der Waals surface area contributed by atoms with Crippen LogP contribution in [0.4, 0.5) is 11.4 Å². The van der Waals surface area contributed by atoms with Gasteiger partial charge in [-0.2, -0.15) is 0 Å². The third-order valence-electron chi connectivity index (χ3n) is 3.73. The van der Waals surface area contributed by atoms with Crippen LogP contribution in [0.25, 0.3) is 0 Å². The molecule has 0 aliphatic carbocycles. The van der Waals surface area contributed by atoms with Crippen molar-refractivity contribution in [1.82, 2.24) is 5.32 Å². The summed E-state index contributed by atoms with van der Waals surface area (Å²) in [6.45, 7) is 2.09. The monoisotopic (exact) mass is 304 g/mol. The van der Waals surface area contributed by atoms with Crippen molar-refractivity contribution in [2.45, 2.75) is 13.0 Å². The van der Waals surface area contributed by atoms with E-state index in [9.17, 15) is 0 Å². The van der Waals surface area contributed by atoms with Crippen molar-refractivity contribution in [1.29, 1.82) is 0 Å². The Hall–Kier alpha value is -1.71. The molecule has 0 saturated heterocycles. The zero-order valence-corrected chi connectivity index (χ0v) is 13.6. The Labute approximate surface area is 131 Å². The molecule has 0 heterocycles. The third kappa shape index (κ3) is 3.49. The topological polar surface area (TPSA) is 24.5 Å². The summed E-state index contributed by atoms with van der Waals surface area (Å²) in [7, 11) is 5.62. The van der Waals surface area contributed by atoms with Crippen LogP contribution < -0.4 is 15.0 Å². The Balaban J connectivity index is 2.26. The summed E-state index contributed by atoms with van der Waals surface area (Å²) in [5.41, 5.74) is 3.24. The van der Waals surface area contributed by atoms with Crippen molar-refractivity contribution in [3.63, 3.8) is 0 Å². The second kappa shape index (κ2) is 6.83. The van der Waals surface area contributed by atoms with Gasteiger partial charge in [-0.1, -0.05) is 17.7 Å². The Morgan fingerprint density at radius 3 is 2.24 bits per heavy atom. The highest BCUT2D eigenvalue weighted by atomic mass is 35.5. The summed E-state index contributed by atoms with van der Waals surface area (Å²) < 4.78 is 5.18. The zero-order valence-electron chi connectivity index (χ0n) is 12.9. The van der Waals surface area contributed by atoms with Gasteiger partial charge in [0.25, 0.3) is 0 Å². The van der Waals surface area contributed by atoms with Crippen molar-refractivity contribution < 1.29 is 4.74 Å². The van der Waals surface area contributed by atoms with Crippen molar-refractivity contribution in [3.8, 4) is 5.75 Å². The quantitative estimate of drug-likeness (QED) is 0.886. The highest BCUT2D eigenvalue weighted by Crippen LogP contribution is 2.31. The summed E-state index contributed by atoms with van der Waals surface area (Å²) >= 11 is 6.40. The molecule has 0 aliphatic heterocycles.